The number of carbonyl (C=O) groups is 1. The van der Waals surface area contributed by atoms with Crippen molar-refractivity contribution in [2.75, 3.05) is 6.61 Å². The van der Waals surface area contributed by atoms with Crippen LogP contribution in [0.2, 0.25) is 0 Å². The highest BCUT2D eigenvalue weighted by molar-refractivity contribution is 5.87. The number of benzene rings is 1. The van der Waals surface area contributed by atoms with Crippen LogP contribution in [-0.4, -0.2) is 17.6 Å². The number of nitrogens with zero attached hydrogens (tertiary/aromatic N) is 2. The zero-order valence-electron chi connectivity index (χ0n) is 13.5. The molecule has 0 saturated carbocycles. The third-order valence-electron chi connectivity index (χ3n) is 3.22. The molecular weight excluding hydrogens is 300 g/mol. The lowest BCUT2D eigenvalue weighted by Crippen LogP contribution is -1.98. The van der Waals surface area contributed by atoms with Crippen LogP contribution in [0.25, 0.3) is 12.2 Å². The third kappa shape index (κ3) is 5.54. The quantitative estimate of drug-likeness (QED) is 0.462. The van der Waals surface area contributed by atoms with Crippen LogP contribution in [0.5, 0.6) is 0 Å². The number of ether oxygens (including phenoxy) is 1. The molecule has 0 aliphatic rings. The maximum atomic E-state index is 11.5. The zero-order valence-corrected chi connectivity index (χ0v) is 13.5. The Balaban J connectivity index is 2.29. The minimum atomic E-state index is -0.371. The molecule has 2 rings (SSSR count). The molecule has 0 bridgehead atoms. The normalized spacial score (nSPS) is 10.8. The Morgan fingerprint density at radius 2 is 2.04 bits per heavy atom. The summed E-state index contributed by atoms with van der Waals surface area (Å²) in [4.78, 5) is 15.6. The van der Waals surface area contributed by atoms with E-state index in [0.29, 0.717) is 6.61 Å². The van der Waals surface area contributed by atoms with E-state index in [4.69, 9.17) is 10.00 Å². The first-order chi connectivity index (χ1) is 11.7. The first kappa shape index (κ1) is 17.2. The number of rotatable bonds is 6. The SMILES string of the molecule is CCOC(=O)/C=C/c1cc(/C=C/C#N)cc(Cc2cccnc2)c1. The topological polar surface area (TPSA) is 63.0 Å². The number of pyridine rings is 1. The van der Waals surface area contributed by atoms with Crippen molar-refractivity contribution in [2.24, 2.45) is 0 Å². The van der Waals surface area contributed by atoms with Crippen LogP contribution in [0.4, 0.5) is 0 Å². The fourth-order valence-electron chi connectivity index (χ4n) is 2.27. The van der Waals surface area contributed by atoms with Crippen LogP contribution in [0.3, 0.4) is 0 Å². The number of esters is 1. The van der Waals surface area contributed by atoms with Gasteiger partial charge in [-0.05, 0) is 59.9 Å². The van der Waals surface area contributed by atoms with E-state index in [9.17, 15) is 4.79 Å². The molecule has 0 atom stereocenters. The van der Waals surface area contributed by atoms with Crippen LogP contribution in [0.15, 0.2) is 54.9 Å². The largest absolute Gasteiger partial charge is 0.463 e. The fourth-order valence-corrected chi connectivity index (χ4v) is 2.27. The lowest BCUT2D eigenvalue weighted by molar-refractivity contribution is -0.137. The highest BCUT2D eigenvalue weighted by Crippen LogP contribution is 2.17. The number of nitriles is 1. The predicted molar refractivity (Wildman–Crippen MR) is 93.8 cm³/mol. The standard InChI is InChI=1S/C20H18N2O2/c1-2-24-20(23)8-7-17-11-16(5-3-9-21)12-19(13-17)14-18-6-4-10-22-15-18/h3-8,10-13,15H,2,14H2,1H3/b5-3+,8-7+. The van der Waals surface area contributed by atoms with Crippen molar-refractivity contribution in [3.8, 4) is 6.07 Å². The van der Waals surface area contributed by atoms with Gasteiger partial charge in [0.1, 0.15) is 0 Å². The van der Waals surface area contributed by atoms with Crippen molar-refractivity contribution >= 4 is 18.1 Å². The highest BCUT2D eigenvalue weighted by atomic mass is 16.5. The molecule has 0 aliphatic heterocycles. The van der Waals surface area contributed by atoms with Gasteiger partial charge in [-0.25, -0.2) is 4.79 Å². The van der Waals surface area contributed by atoms with Crippen molar-refractivity contribution in [1.29, 1.82) is 5.26 Å². The molecule has 1 heterocycles. The van der Waals surface area contributed by atoms with Crippen molar-refractivity contribution in [1.82, 2.24) is 4.98 Å². The lowest BCUT2D eigenvalue weighted by atomic mass is 10.00. The van der Waals surface area contributed by atoms with Crippen LogP contribution >= 0.6 is 0 Å². The molecule has 4 heteroatoms. The average molecular weight is 318 g/mol. The highest BCUT2D eigenvalue weighted by Gasteiger charge is 2.01. The summed E-state index contributed by atoms with van der Waals surface area (Å²) in [6, 6.07) is 11.8. The Labute approximate surface area is 141 Å². The summed E-state index contributed by atoms with van der Waals surface area (Å²) in [6.07, 6.45) is 10.6. The Kier molecular flexibility index (Phi) is 6.48. The Morgan fingerprint density at radius 3 is 2.71 bits per heavy atom. The van der Waals surface area contributed by atoms with E-state index < -0.39 is 0 Å². The molecule has 0 N–H and O–H groups in total. The maximum Gasteiger partial charge on any atom is 0.330 e. The van der Waals surface area contributed by atoms with Gasteiger partial charge in [0.05, 0.1) is 12.7 Å². The molecule has 120 valence electrons. The molecule has 0 aliphatic carbocycles. The van der Waals surface area contributed by atoms with E-state index in [1.54, 1.807) is 25.3 Å². The predicted octanol–water partition coefficient (Wildman–Crippen LogP) is 3.79. The first-order valence-electron chi connectivity index (χ1n) is 7.65. The minimum Gasteiger partial charge on any atom is -0.463 e. The van der Waals surface area contributed by atoms with Crippen molar-refractivity contribution in [3.63, 3.8) is 0 Å². The zero-order chi connectivity index (χ0) is 17.2. The molecule has 4 nitrogen and oxygen atoms in total. The Hall–Kier alpha value is -3.19. The molecule has 0 unspecified atom stereocenters. The van der Waals surface area contributed by atoms with E-state index in [-0.39, 0.29) is 5.97 Å². The molecule has 0 fully saturated rings. The third-order valence-corrected chi connectivity index (χ3v) is 3.22. The van der Waals surface area contributed by atoms with Gasteiger partial charge in [0, 0.05) is 24.5 Å². The monoisotopic (exact) mass is 318 g/mol. The summed E-state index contributed by atoms with van der Waals surface area (Å²) < 4.78 is 4.89. The number of hydrogen-bond acceptors (Lipinski definition) is 4. The molecule has 24 heavy (non-hydrogen) atoms. The summed E-state index contributed by atoms with van der Waals surface area (Å²) in [7, 11) is 0. The van der Waals surface area contributed by atoms with Crippen LogP contribution in [0, 0.1) is 11.3 Å². The maximum absolute atomic E-state index is 11.5. The summed E-state index contributed by atoms with van der Waals surface area (Å²) in [5, 5.41) is 8.72. The molecular formula is C20H18N2O2. The van der Waals surface area contributed by atoms with Crippen molar-refractivity contribution in [2.45, 2.75) is 13.3 Å². The Bertz CT molecular complexity index is 787. The van der Waals surface area contributed by atoms with Gasteiger partial charge in [-0.15, -0.1) is 0 Å². The first-order valence-corrected chi connectivity index (χ1v) is 7.65. The van der Waals surface area contributed by atoms with E-state index in [1.165, 1.54) is 12.2 Å². The summed E-state index contributed by atoms with van der Waals surface area (Å²) in [5.41, 5.74) is 3.95. The average Bonchev–Trinajstić information content (AvgIpc) is 2.59. The summed E-state index contributed by atoms with van der Waals surface area (Å²) >= 11 is 0. The second-order valence-electron chi connectivity index (χ2n) is 5.09. The Morgan fingerprint density at radius 1 is 1.25 bits per heavy atom. The second-order valence-corrected chi connectivity index (χ2v) is 5.09. The number of aromatic nitrogens is 1. The summed E-state index contributed by atoms with van der Waals surface area (Å²) in [5.74, 6) is -0.371. The molecule has 0 saturated heterocycles. The van der Waals surface area contributed by atoms with Crippen molar-refractivity contribution in [3.05, 3.63) is 77.1 Å². The molecule has 0 amide bonds. The van der Waals surface area contributed by atoms with Crippen LogP contribution in [-0.2, 0) is 16.0 Å². The molecule has 2 aromatic rings. The van der Waals surface area contributed by atoms with E-state index in [0.717, 1.165) is 28.7 Å². The number of hydrogen-bond donors (Lipinski definition) is 0. The molecule has 1 aromatic heterocycles. The van der Waals surface area contributed by atoms with E-state index in [2.05, 4.69) is 4.98 Å². The lowest BCUT2D eigenvalue weighted by Gasteiger charge is -2.06. The number of allylic oxidation sites excluding steroid dienone is 1. The van der Waals surface area contributed by atoms with Crippen LogP contribution < -0.4 is 0 Å². The summed E-state index contributed by atoms with van der Waals surface area (Å²) in [6.45, 7) is 2.12. The molecule has 0 spiro atoms. The molecule has 1 aromatic carbocycles. The van der Waals surface area contributed by atoms with Gasteiger partial charge in [0.15, 0.2) is 0 Å². The van der Waals surface area contributed by atoms with Gasteiger partial charge < -0.3 is 4.74 Å². The van der Waals surface area contributed by atoms with Gasteiger partial charge in [0.25, 0.3) is 0 Å². The molecule has 0 radical (unpaired) electrons. The van der Waals surface area contributed by atoms with Crippen LogP contribution in [0.1, 0.15) is 29.2 Å². The van der Waals surface area contributed by atoms with Gasteiger partial charge >= 0.3 is 5.97 Å². The fraction of sp³-hybridized carbons (Fsp3) is 0.150. The van der Waals surface area contributed by atoms with Gasteiger partial charge in [0.2, 0.25) is 0 Å². The van der Waals surface area contributed by atoms with Gasteiger partial charge in [-0.3, -0.25) is 4.98 Å². The second kappa shape index (κ2) is 9.06. The van der Waals surface area contributed by atoms with E-state index in [1.807, 2.05) is 42.6 Å². The van der Waals surface area contributed by atoms with E-state index >= 15 is 0 Å². The van der Waals surface area contributed by atoms with Gasteiger partial charge in [-0.1, -0.05) is 18.2 Å². The minimum absolute atomic E-state index is 0.348. The van der Waals surface area contributed by atoms with Crippen molar-refractivity contribution < 1.29 is 9.53 Å². The number of carbonyl (C=O) groups excluding carboxylic acids is 1. The smallest absolute Gasteiger partial charge is 0.330 e. The van der Waals surface area contributed by atoms with Gasteiger partial charge in [-0.2, -0.15) is 5.26 Å².